The summed E-state index contributed by atoms with van der Waals surface area (Å²) in [6.45, 7) is 1.90. The Morgan fingerprint density at radius 3 is 2.24 bits per heavy atom. The minimum atomic E-state index is -3.62. The van der Waals surface area contributed by atoms with Crippen LogP contribution in [0.2, 0.25) is 0 Å². The molecule has 1 heterocycles. The van der Waals surface area contributed by atoms with E-state index in [-0.39, 0.29) is 5.75 Å². The minimum absolute atomic E-state index is 0.198. The van der Waals surface area contributed by atoms with Gasteiger partial charge in [0.05, 0.1) is 6.26 Å². The smallest absolute Gasteiger partial charge is 0.306 e. The first-order valence-electron chi connectivity index (χ1n) is 6.25. The molecule has 0 saturated heterocycles. The van der Waals surface area contributed by atoms with Gasteiger partial charge < -0.3 is 4.18 Å². The summed E-state index contributed by atoms with van der Waals surface area (Å²) >= 11 is 0. The Kier molecular flexibility index (Phi) is 3.13. The summed E-state index contributed by atoms with van der Waals surface area (Å²) in [7, 11) is -3.62. The summed E-state index contributed by atoms with van der Waals surface area (Å²) in [5, 5.41) is 8.69. The normalized spacial score (nSPS) is 11.7. The van der Waals surface area contributed by atoms with Crippen LogP contribution in [0.4, 0.5) is 0 Å². The van der Waals surface area contributed by atoms with Gasteiger partial charge in [0, 0.05) is 0 Å². The number of hydrogen-bond acceptors (Lipinski definition) is 5. The Morgan fingerprint density at radius 2 is 1.67 bits per heavy atom. The summed E-state index contributed by atoms with van der Waals surface area (Å²) < 4.78 is 27.7. The fraction of sp³-hybridized carbons (Fsp3) is 0.143. The number of aromatic nitrogens is 3. The number of fused-ring (bicyclic) bond motifs is 1. The summed E-state index contributed by atoms with van der Waals surface area (Å²) in [5.41, 5.74) is 2.89. The lowest BCUT2D eigenvalue weighted by Gasteiger charge is -2.09. The molecule has 2 aromatic carbocycles. The number of nitrogens with zero attached hydrogens (tertiary/aromatic N) is 3. The van der Waals surface area contributed by atoms with Gasteiger partial charge in [-0.05, 0) is 36.8 Å². The maximum atomic E-state index is 11.4. The van der Waals surface area contributed by atoms with Gasteiger partial charge in [-0.3, -0.25) is 0 Å². The fourth-order valence-corrected chi connectivity index (χ4v) is 2.45. The molecule has 3 aromatic rings. The average Bonchev–Trinajstić information content (AvgIpc) is 2.83. The van der Waals surface area contributed by atoms with Crippen molar-refractivity contribution in [2.24, 2.45) is 0 Å². The first kappa shape index (κ1) is 13.6. The molecule has 7 heteroatoms. The van der Waals surface area contributed by atoms with E-state index >= 15 is 0 Å². The molecule has 0 unspecified atom stereocenters. The van der Waals surface area contributed by atoms with Crippen molar-refractivity contribution in [3.8, 4) is 11.4 Å². The van der Waals surface area contributed by atoms with Gasteiger partial charge in [-0.1, -0.05) is 18.2 Å². The van der Waals surface area contributed by atoms with Crippen molar-refractivity contribution in [3.63, 3.8) is 0 Å². The zero-order valence-corrected chi connectivity index (χ0v) is 12.3. The summed E-state index contributed by atoms with van der Waals surface area (Å²) in [6.07, 6.45) is 1.00. The van der Waals surface area contributed by atoms with Gasteiger partial charge in [0.15, 0.2) is 5.75 Å². The van der Waals surface area contributed by atoms with E-state index in [4.69, 9.17) is 4.18 Å². The van der Waals surface area contributed by atoms with Crippen molar-refractivity contribution >= 4 is 21.2 Å². The molecular weight excluding hydrogens is 290 g/mol. The molecule has 1 aromatic heterocycles. The number of benzene rings is 2. The van der Waals surface area contributed by atoms with Crippen molar-refractivity contribution < 1.29 is 12.6 Å². The molecule has 0 radical (unpaired) electrons. The fourth-order valence-electron chi connectivity index (χ4n) is 1.98. The van der Waals surface area contributed by atoms with Crippen LogP contribution in [-0.4, -0.2) is 29.7 Å². The van der Waals surface area contributed by atoms with Gasteiger partial charge in [0.1, 0.15) is 16.7 Å². The molecule has 6 nitrogen and oxygen atoms in total. The molecule has 21 heavy (non-hydrogen) atoms. The molecule has 0 spiro atoms. The minimum Gasteiger partial charge on any atom is -0.380 e. The van der Waals surface area contributed by atoms with E-state index in [1.54, 1.807) is 18.2 Å². The van der Waals surface area contributed by atoms with Crippen LogP contribution in [0.25, 0.3) is 16.7 Å². The molecule has 0 saturated carbocycles. The SMILES string of the molecule is Cc1ccc(OS(C)(=O)=O)c(-n2nc3ccccc3n2)c1. The lowest BCUT2D eigenvalue weighted by atomic mass is 10.2. The van der Waals surface area contributed by atoms with E-state index in [0.29, 0.717) is 5.69 Å². The lowest BCUT2D eigenvalue weighted by molar-refractivity contribution is 0.489. The zero-order chi connectivity index (χ0) is 15.0. The Balaban J connectivity index is 2.18. The lowest BCUT2D eigenvalue weighted by Crippen LogP contribution is -2.09. The second-order valence-corrected chi connectivity index (χ2v) is 6.31. The highest BCUT2D eigenvalue weighted by Crippen LogP contribution is 2.25. The van der Waals surface area contributed by atoms with Crippen LogP contribution in [0.5, 0.6) is 5.75 Å². The molecule has 0 N–H and O–H groups in total. The van der Waals surface area contributed by atoms with E-state index in [2.05, 4.69) is 10.2 Å². The third-order valence-corrected chi connectivity index (χ3v) is 3.34. The van der Waals surface area contributed by atoms with Crippen LogP contribution in [0.15, 0.2) is 42.5 Å². The van der Waals surface area contributed by atoms with Crippen molar-refractivity contribution in [1.29, 1.82) is 0 Å². The predicted molar refractivity (Wildman–Crippen MR) is 79.1 cm³/mol. The van der Waals surface area contributed by atoms with Crippen molar-refractivity contribution in [1.82, 2.24) is 15.0 Å². The Hall–Kier alpha value is -2.41. The molecule has 0 aliphatic heterocycles. The van der Waals surface area contributed by atoms with E-state index in [0.717, 1.165) is 22.9 Å². The predicted octanol–water partition coefficient (Wildman–Crippen LogP) is 2.07. The van der Waals surface area contributed by atoms with E-state index in [1.807, 2.05) is 31.2 Å². The topological polar surface area (TPSA) is 74.1 Å². The summed E-state index contributed by atoms with van der Waals surface area (Å²) in [6, 6.07) is 12.6. The van der Waals surface area contributed by atoms with E-state index in [9.17, 15) is 8.42 Å². The quantitative estimate of drug-likeness (QED) is 0.692. The van der Waals surface area contributed by atoms with Crippen LogP contribution < -0.4 is 4.18 Å². The van der Waals surface area contributed by atoms with Crippen molar-refractivity contribution in [2.75, 3.05) is 6.26 Å². The Morgan fingerprint density at radius 1 is 1.05 bits per heavy atom. The molecule has 0 atom stereocenters. The van der Waals surface area contributed by atoms with Crippen LogP contribution >= 0.6 is 0 Å². The second-order valence-electron chi connectivity index (χ2n) is 4.74. The summed E-state index contributed by atoms with van der Waals surface area (Å²) in [5.74, 6) is 0.198. The maximum absolute atomic E-state index is 11.4. The van der Waals surface area contributed by atoms with Crippen LogP contribution in [0.3, 0.4) is 0 Å². The van der Waals surface area contributed by atoms with Crippen LogP contribution in [0, 0.1) is 6.92 Å². The van der Waals surface area contributed by atoms with E-state index < -0.39 is 10.1 Å². The second kappa shape index (κ2) is 4.85. The van der Waals surface area contributed by atoms with Gasteiger partial charge in [0.25, 0.3) is 0 Å². The molecule has 3 rings (SSSR count). The number of hydrogen-bond donors (Lipinski definition) is 0. The molecule has 0 bridgehead atoms. The third kappa shape index (κ3) is 2.87. The zero-order valence-electron chi connectivity index (χ0n) is 11.5. The monoisotopic (exact) mass is 303 g/mol. The number of aryl methyl sites for hydroxylation is 1. The first-order chi connectivity index (χ1) is 9.92. The Bertz CT molecular complexity index is 883. The highest BCUT2D eigenvalue weighted by Gasteiger charge is 2.14. The molecule has 0 aliphatic carbocycles. The highest BCUT2D eigenvalue weighted by atomic mass is 32.2. The molecule has 0 amide bonds. The largest absolute Gasteiger partial charge is 0.380 e. The van der Waals surface area contributed by atoms with Gasteiger partial charge in [-0.25, -0.2) is 0 Å². The van der Waals surface area contributed by atoms with Gasteiger partial charge in [-0.15, -0.1) is 15.0 Å². The molecular formula is C14H13N3O3S. The molecule has 108 valence electrons. The average molecular weight is 303 g/mol. The maximum Gasteiger partial charge on any atom is 0.306 e. The highest BCUT2D eigenvalue weighted by molar-refractivity contribution is 7.86. The van der Waals surface area contributed by atoms with Crippen LogP contribution in [-0.2, 0) is 10.1 Å². The third-order valence-electron chi connectivity index (χ3n) is 2.86. The molecule has 0 aliphatic rings. The Labute approximate surface area is 122 Å². The molecule has 0 fully saturated rings. The van der Waals surface area contributed by atoms with Gasteiger partial charge in [-0.2, -0.15) is 8.42 Å². The van der Waals surface area contributed by atoms with Crippen molar-refractivity contribution in [3.05, 3.63) is 48.0 Å². The van der Waals surface area contributed by atoms with Gasteiger partial charge in [0.2, 0.25) is 0 Å². The van der Waals surface area contributed by atoms with Crippen molar-refractivity contribution in [2.45, 2.75) is 6.92 Å². The van der Waals surface area contributed by atoms with Crippen LogP contribution in [0.1, 0.15) is 5.56 Å². The number of rotatable bonds is 3. The van der Waals surface area contributed by atoms with E-state index in [1.165, 1.54) is 4.80 Å². The standard InChI is InChI=1S/C14H13N3O3S/c1-10-7-8-14(20-21(2,18)19)13(9-10)17-15-11-5-3-4-6-12(11)16-17/h3-9H,1-2H3. The first-order valence-corrected chi connectivity index (χ1v) is 8.07. The van der Waals surface area contributed by atoms with Gasteiger partial charge >= 0.3 is 10.1 Å². The summed E-state index contributed by atoms with van der Waals surface area (Å²) in [4.78, 5) is 1.39.